The molecule has 76 valence electrons. The molecule has 14 heavy (non-hydrogen) atoms. The molecule has 0 amide bonds. The standard InChI is InChI=1S/C12H16NO/c1-13-8-5-9-14-12(13)10-11-6-3-2-4-7-11/h2-4,6-7,12H,1,5,8-10H2/q-1/t12-/m0/s1. The fourth-order valence-corrected chi connectivity index (χ4v) is 1.74. The van der Waals surface area contributed by atoms with Crippen LogP contribution in [0.2, 0.25) is 0 Å². The van der Waals surface area contributed by atoms with Crippen molar-refractivity contribution in [3.63, 3.8) is 0 Å². The number of rotatable bonds is 2. The van der Waals surface area contributed by atoms with E-state index in [4.69, 9.17) is 4.74 Å². The molecule has 0 aromatic heterocycles. The Balaban J connectivity index is 1.96. The van der Waals surface area contributed by atoms with Crippen LogP contribution in [-0.4, -0.2) is 24.3 Å². The van der Waals surface area contributed by atoms with Crippen molar-refractivity contribution < 1.29 is 4.74 Å². The summed E-state index contributed by atoms with van der Waals surface area (Å²) in [6, 6.07) is 10.4. The minimum atomic E-state index is 0.158. The molecule has 0 bridgehead atoms. The maximum Gasteiger partial charge on any atom is 0.0872 e. The van der Waals surface area contributed by atoms with E-state index in [-0.39, 0.29) is 6.23 Å². The molecule has 1 heterocycles. The van der Waals surface area contributed by atoms with Crippen LogP contribution in [0.3, 0.4) is 0 Å². The van der Waals surface area contributed by atoms with Crippen LogP contribution in [0.1, 0.15) is 12.0 Å². The second kappa shape index (κ2) is 4.58. The molecule has 1 aromatic rings. The lowest BCUT2D eigenvalue weighted by Gasteiger charge is -2.38. The molecule has 0 saturated carbocycles. The molecular weight excluding hydrogens is 174 g/mol. The minimum Gasteiger partial charge on any atom is -0.434 e. The normalized spacial score (nSPS) is 23.6. The quantitative estimate of drug-likeness (QED) is 0.662. The number of nitrogens with zero attached hydrogens (tertiary/aromatic N) is 1. The van der Waals surface area contributed by atoms with Crippen molar-refractivity contribution in [2.45, 2.75) is 19.1 Å². The SMILES string of the molecule is [CH2-]N1CCCO[C@H]1Cc1ccccc1. The van der Waals surface area contributed by atoms with Gasteiger partial charge in [0.2, 0.25) is 0 Å². The van der Waals surface area contributed by atoms with Gasteiger partial charge < -0.3 is 9.64 Å². The molecule has 0 radical (unpaired) electrons. The van der Waals surface area contributed by atoms with Gasteiger partial charge in [-0.2, -0.15) is 0 Å². The third kappa shape index (κ3) is 2.34. The van der Waals surface area contributed by atoms with E-state index in [1.807, 2.05) is 11.0 Å². The minimum absolute atomic E-state index is 0.158. The van der Waals surface area contributed by atoms with Gasteiger partial charge in [-0.1, -0.05) is 30.3 Å². The monoisotopic (exact) mass is 190 g/mol. The van der Waals surface area contributed by atoms with Gasteiger partial charge in [0, 0.05) is 13.0 Å². The van der Waals surface area contributed by atoms with Crippen molar-refractivity contribution in [1.29, 1.82) is 0 Å². The second-order valence-electron chi connectivity index (χ2n) is 3.68. The zero-order valence-corrected chi connectivity index (χ0v) is 8.36. The lowest BCUT2D eigenvalue weighted by molar-refractivity contribution is -0.0726. The first-order valence-electron chi connectivity index (χ1n) is 5.09. The van der Waals surface area contributed by atoms with E-state index in [9.17, 15) is 0 Å². The van der Waals surface area contributed by atoms with E-state index in [0.717, 1.165) is 26.0 Å². The Hall–Kier alpha value is -0.860. The van der Waals surface area contributed by atoms with Crippen LogP contribution < -0.4 is 0 Å². The molecular formula is C12H16NO-. The fraction of sp³-hybridized carbons (Fsp3) is 0.417. The summed E-state index contributed by atoms with van der Waals surface area (Å²) in [6.45, 7) is 1.90. The number of ether oxygens (including phenoxy) is 1. The van der Waals surface area contributed by atoms with Gasteiger partial charge in [0.1, 0.15) is 0 Å². The molecule has 2 rings (SSSR count). The molecule has 0 spiro atoms. The van der Waals surface area contributed by atoms with E-state index in [1.165, 1.54) is 5.56 Å². The topological polar surface area (TPSA) is 12.5 Å². The molecule has 0 N–H and O–H groups in total. The molecule has 0 unspecified atom stereocenters. The summed E-state index contributed by atoms with van der Waals surface area (Å²) in [5, 5.41) is 0. The highest BCUT2D eigenvalue weighted by molar-refractivity contribution is 5.15. The van der Waals surface area contributed by atoms with Crippen LogP contribution in [0.4, 0.5) is 0 Å². The number of hydrogen-bond donors (Lipinski definition) is 0. The third-order valence-corrected chi connectivity index (χ3v) is 2.56. The Morgan fingerprint density at radius 3 is 2.86 bits per heavy atom. The Morgan fingerprint density at radius 2 is 2.14 bits per heavy atom. The fourth-order valence-electron chi connectivity index (χ4n) is 1.74. The Labute approximate surface area is 85.5 Å². The average molecular weight is 190 g/mol. The van der Waals surface area contributed by atoms with Crippen LogP contribution >= 0.6 is 0 Å². The van der Waals surface area contributed by atoms with Crippen molar-refractivity contribution >= 4 is 0 Å². The maximum atomic E-state index is 5.66. The lowest BCUT2D eigenvalue weighted by atomic mass is 10.1. The zero-order valence-electron chi connectivity index (χ0n) is 8.36. The second-order valence-corrected chi connectivity index (χ2v) is 3.68. The van der Waals surface area contributed by atoms with Gasteiger partial charge in [0.25, 0.3) is 0 Å². The Kier molecular flexibility index (Phi) is 3.17. The van der Waals surface area contributed by atoms with E-state index in [2.05, 4.69) is 31.3 Å². The molecule has 0 aliphatic carbocycles. The molecule has 2 nitrogen and oxygen atoms in total. The predicted molar refractivity (Wildman–Crippen MR) is 56.6 cm³/mol. The predicted octanol–water partition coefficient (Wildman–Crippen LogP) is 2.07. The van der Waals surface area contributed by atoms with E-state index in [1.54, 1.807) is 0 Å². The third-order valence-electron chi connectivity index (χ3n) is 2.56. The Morgan fingerprint density at radius 1 is 1.36 bits per heavy atom. The zero-order chi connectivity index (χ0) is 9.80. The summed E-state index contributed by atoms with van der Waals surface area (Å²) in [7, 11) is 3.98. The molecule has 1 atom stereocenters. The molecule has 1 saturated heterocycles. The van der Waals surface area contributed by atoms with Crippen molar-refractivity contribution in [2.75, 3.05) is 13.2 Å². The van der Waals surface area contributed by atoms with Crippen molar-refractivity contribution in [3.05, 3.63) is 42.9 Å². The van der Waals surface area contributed by atoms with E-state index < -0.39 is 0 Å². The maximum absolute atomic E-state index is 5.66. The number of hydrogen-bond acceptors (Lipinski definition) is 2. The van der Waals surface area contributed by atoms with Crippen LogP contribution in [0.25, 0.3) is 0 Å². The van der Waals surface area contributed by atoms with Crippen LogP contribution in [0.5, 0.6) is 0 Å². The Bertz CT molecular complexity index is 273. The first-order valence-corrected chi connectivity index (χ1v) is 5.09. The van der Waals surface area contributed by atoms with Crippen molar-refractivity contribution in [1.82, 2.24) is 4.90 Å². The smallest absolute Gasteiger partial charge is 0.0872 e. The van der Waals surface area contributed by atoms with Gasteiger partial charge >= 0.3 is 0 Å². The van der Waals surface area contributed by atoms with Gasteiger partial charge in [-0.15, -0.1) is 0 Å². The molecule has 1 aromatic carbocycles. The first-order chi connectivity index (χ1) is 6.86. The summed E-state index contributed by atoms with van der Waals surface area (Å²) in [5.74, 6) is 0. The van der Waals surface area contributed by atoms with E-state index in [0.29, 0.717) is 0 Å². The van der Waals surface area contributed by atoms with Gasteiger partial charge in [-0.25, -0.2) is 0 Å². The summed E-state index contributed by atoms with van der Waals surface area (Å²) >= 11 is 0. The summed E-state index contributed by atoms with van der Waals surface area (Å²) in [6.07, 6.45) is 2.19. The molecule has 1 aliphatic heterocycles. The molecule has 1 fully saturated rings. The largest absolute Gasteiger partial charge is 0.434 e. The van der Waals surface area contributed by atoms with Crippen LogP contribution in [0.15, 0.2) is 30.3 Å². The average Bonchev–Trinajstić information content (AvgIpc) is 2.23. The van der Waals surface area contributed by atoms with Gasteiger partial charge in [0.05, 0.1) is 6.23 Å². The van der Waals surface area contributed by atoms with Gasteiger partial charge in [0.15, 0.2) is 0 Å². The highest BCUT2D eigenvalue weighted by Gasteiger charge is 2.14. The highest BCUT2D eigenvalue weighted by atomic mass is 16.5. The summed E-state index contributed by atoms with van der Waals surface area (Å²) in [5.41, 5.74) is 1.31. The van der Waals surface area contributed by atoms with Gasteiger partial charge in [-0.05, 0) is 18.5 Å². The lowest BCUT2D eigenvalue weighted by Crippen LogP contribution is -2.39. The summed E-state index contributed by atoms with van der Waals surface area (Å²) in [4.78, 5) is 2.04. The van der Waals surface area contributed by atoms with Gasteiger partial charge in [-0.3, -0.25) is 7.05 Å². The highest BCUT2D eigenvalue weighted by Crippen LogP contribution is 2.13. The summed E-state index contributed by atoms with van der Waals surface area (Å²) < 4.78 is 5.66. The number of benzene rings is 1. The molecule has 1 aliphatic rings. The first kappa shape index (κ1) is 9.69. The van der Waals surface area contributed by atoms with E-state index >= 15 is 0 Å². The van der Waals surface area contributed by atoms with Crippen molar-refractivity contribution in [3.8, 4) is 0 Å². The molecule has 2 heteroatoms. The van der Waals surface area contributed by atoms with Crippen molar-refractivity contribution in [2.24, 2.45) is 0 Å². The van der Waals surface area contributed by atoms with Crippen LogP contribution in [-0.2, 0) is 11.2 Å². The van der Waals surface area contributed by atoms with Crippen LogP contribution in [0, 0.1) is 7.05 Å².